The van der Waals surface area contributed by atoms with Crippen molar-refractivity contribution in [1.29, 1.82) is 0 Å². The van der Waals surface area contributed by atoms with Crippen molar-refractivity contribution >= 4 is 23.4 Å². The van der Waals surface area contributed by atoms with E-state index in [2.05, 4.69) is 20.7 Å². The number of tetrazole rings is 1. The predicted octanol–water partition coefficient (Wildman–Crippen LogP) is 5.37. The number of nitrogens with zero attached hydrogens (tertiary/aromatic N) is 5. The van der Waals surface area contributed by atoms with Crippen LogP contribution in [-0.4, -0.2) is 57.2 Å². The fraction of sp³-hybridized carbons (Fsp3) is 0.344. The van der Waals surface area contributed by atoms with Gasteiger partial charge in [-0.25, -0.2) is 4.39 Å². The number of rotatable bonds is 11. The van der Waals surface area contributed by atoms with Crippen LogP contribution in [0.1, 0.15) is 49.3 Å². The van der Waals surface area contributed by atoms with Gasteiger partial charge in [-0.05, 0) is 65.6 Å². The molecule has 10 nitrogen and oxygen atoms in total. The van der Waals surface area contributed by atoms with E-state index in [1.165, 1.54) is 41.1 Å². The smallest absolute Gasteiger partial charge is 0.247 e. The average Bonchev–Trinajstić information content (AvgIpc) is 3.51. The number of methoxy groups -OCH3 is 2. The quantitative estimate of drug-likeness (QED) is 0.240. The maximum absolute atomic E-state index is 14.1. The van der Waals surface area contributed by atoms with Crippen LogP contribution in [0.5, 0.6) is 11.5 Å². The summed E-state index contributed by atoms with van der Waals surface area (Å²) in [6.45, 7) is -0.283. The van der Waals surface area contributed by atoms with Crippen LogP contribution in [0.25, 0.3) is 11.4 Å². The molecular formula is C32H34ClFN6O4. The molecule has 1 atom stereocenters. The molecule has 1 fully saturated rings. The molecule has 1 heterocycles. The Morgan fingerprint density at radius 3 is 2.45 bits per heavy atom. The summed E-state index contributed by atoms with van der Waals surface area (Å²) >= 11 is 6.51. The van der Waals surface area contributed by atoms with Gasteiger partial charge in [0.25, 0.3) is 0 Å². The molecule has 1 unspecified atom stereocenters. The highest BCUT2D eigenvalue weighted by atomic mass is 35.5. The standard InChI is InChI=1S/C32H34ClFN6O4/c1-43-27-17-14-22(18-28(27)44-2)31-36-38-40(37-31)20-29(41)39(19-23-8-6-7-11-26(23)33)30(21-12-15-24(34)16-13-21)32(42)35-25-9-4-3-5-10-25/h6-8,11-18,25,30H,3-5,9-10,19-20H2,1-2H3,(H,35,42). The summed E-state index contributed by atoms with van der Waals surface area (Å²) < 4.78 is 24.6. The van der Waals surface area contributed by atoms with Crippen LogP contribution in [-0.2, 0) is 22.7 Å². The summed E-state index contributed by atoms with van der Waals surface area (Å²) in [6, 6.07) is 16.9. The van der Waals surface area contributed by atoms with E-state index in [-0.39, 0.29) is 30.9 Å². The first kappa shape index (κ1) is 30.9. The van der Waals surface area contributed by atoms with E-state index >= 15 is 0 Å². The van der Waals surface area contributed by atoms with Crippen LogP contribution in [0.2, 0.25) is 5.02 Å². The van der Waals surface area contributed by atoms with Crippen molar-refractivity contribution in [1.82, 2.24) is 30.4 Å². The van der Waals surface area contributed by atoms with Crippen LogP contribution >= 0.6 is 11.6 Å². The first-order chi connectivity index (χ1) is 21.4. The zero-order chi connectivity index (χ0) is 31.1. The van der Waals surface area contributed by atoms with Crippen molar-refractivity contribution in [3.8, 4) is 22.9 Å². The highest BCUT2D eigenvalue weighted by Gasteiger charge is 2.34. The lowest BCUT2D eigenvalue weighted by atomic mass is 9.94. The van der Waals surface area contributed by atoms with Gasteiger partial charge < -0.3 is 19.7 Å². The van der Waals surface area contributed by atoms with Crippen LogP contribution in [0.4, 0.5) is 4.39 Å². The van der Waals surface area contributed by atoms with Gasteiger partial charge in [0.05, 0.1) is 14.2 Å². The van der Waals surface area contributed by atoms with Gasteiger partial charge in [-0.15, -0.1) is 10.2 Å². The Morgan fingerprint density at radius 2 is 1.75 bits per heavy atom. The number of amides is 2. The monoisotopic (exact) mass is 620 g/mol. The molecule has 1 N–H and O–H groups in total. The second-order valence-corrected chi connectivity index (χ2v) is 11.0. The Bertz CT molecular complexity index is 1590. The molecule has 0 saturated heterocycles. The minimum Gasteiger partial charge on any atom is -0.493 e. The molecule has 0 spiro atoms. The second kappa shape index (κ2) is 14.3. The summed E-state index contributed by atoms with van der Waals surface area (Å²) in [5.41, 5.74) is 1.74. The molecule has 1 aromatic heterocycles. The number of halogens is 2. The van der Waals surface area contributed by atoms with Crippen molar-refractivity contribution in [2.45, 2.75) is 57.3 Å². The molecule has 1 aliphatic carbocycles. The van der Waals surface area contributed by atoms with Crippen LogP contribution < -0.4 is 14.8 Å². The van der Waals surface area contributed by atoms with Crippen LogP contribution in [0, 0.1) is 5.82 Å². The molecule has 4 aromatic rings. The SMILES string of the molecule is COc1ccc(-c2nnn(CC(=O)N(Cc3ccccc3Cl)C(C(=O)NC3CCCCC3)c3ccc(F)cc3)n2)cc1OC. The Morgan fingerprint density at radius 1 is 1.02 bits per heavy atom. The van der Waals surface area contributed by atoms with Gasteiger partial charge in [0.2, 0.25) is 17.6 Å². The minimum absolute atomic E-state index is 0.00232. The summed E-state index contributed by atoms with van der Waals surface area (Å²) in [5, 5.41) is 16.2. The van der Waals surface area contributed by atoms with Crippen LogP contribution in [0.15, 0.2) is 66.7 Å². The summed E-state index contributed by atoms with van der Waals surface area (Å²) in [6.07, 6.45) is 4.90. The lowest BCUT2D eigenvalue weighted by Crippen LogP contribution is -2.47. The number of ether oxygens (including phenoxy) is 2. The Kier molecular flexibility index (Phi) is 10.1. The third-order valence-corrected chi connectivity index (χ3v) is 8.06. The van der Waals surface area contributed by atoms with Gasteiger partial charge in [0.1, 0.15) is 18.4 Å². The molecule has 1 aliphatic rings. The van der Waals surface area contributed by atoms with E-state index < -0.39 is 17.8 Å². The normalized spacial score (nSPS) is 14.1. The number of aromatic nitrogens is 4. The van der Waals surface area contributed by atoms with Gasteiger partial charge in [-0.2, -0.15) is 4.80 Å². The molecule has 1 saturated carbocycles. The lowest BCUT2D eigenvalue weighted by Gasteiger charge is -2.33. The number of benzene rings is 3. The summed E-state index contributed by atoms with van der Waals surface area (Å²) in [4.78, 5) is 30.7. The first-order valence-corrected chi connectivity index (χ1v) is 14.8. The maximum atomic E-state index is 14.1. The van der Waals surface area contributed by atoms with Gasteiger partial charge in [0, 0.05) is 23.2 Å². The van der Waals surface area contributed by atoms with E-state index in [0.29, 0.717) is 33.2 Å². The van der Waals surface area contributed by atoms with Gasteiger partial charge in [0.15, 0.2) is 11.5 Å². The van der Waals surface area contributed by atoms with E-state index in [4.69, 9.17) is 21.1 Å². The molecule has 2 amide bonds. The Hall–Kier alpha value is -4.51. The maximum Gasteiger partial charge on any atom is 0.247 e. The molecule has 0 radical (unpaired) electrons. The third-order valence-electron chi connectivity index (χ3n) is 7.69. The highest BCUT2D eigenvalue weighted by Crippen LogP contribution is 2.31. The predicted molar refractivity (Wildman–Crippen MR) is 163 cm³/mol. The second-order valence-electron chi connectivity index (χ2n) is 10.6. The molecule has 230 valence electrons. The van der Waals surface area contributed by atoms with E-state index in [1.807, 2.05) is 6.07 Å². The van der Waals surface area contributed by atoms with E-state index in [0.717, 1.165) is 32.1 Å². The lowest BCUT2D eigenvalue weighted by molar-refractivity contribution is -0.142. The molecular weight excluding hydrogens is 587 g/mol. The molecule has 0 aliphatic heterocycles. The van der Waals surface area contributed by atoms with Crippen molar-refractivity contribution in [2.75, 3.05) is 14.2 Å². The van der Waals surface area contributed by atoms with Gasteiger partial charge in [-0.3, -0.25) is 9.59 Å². The molecule has 3 aromatic carbocycles. The first-order valence-electron chi connectivity index (χ1n) is 14.4. The van der Waals surface area contributed by atoms with E-state index in [9.17, 15) is 14.0 Å². The van der Waals surface area contributed by atoms with E-state index in [1.54, 1.807) is 43.5 Å². The highest BCUT2D eigenvalue weighted by molar-refractivity contribution is 6.31. The molecule has 12 heteroatoms. The Balaban J connectivity index is 1.47. The number of nitrogens with one attached hydrogen (secondary N) is 1. The minimum atomic E-state index is -1.06. The zero-order valence-electron chi connectivity index (χ0n) is 24.6. The Labute approximate surface area is 260 Å². The average molecular weight is 621 g/mol. The van der Waals surface area contributed by atoms with Gasteiger partial charge in [-0.1, -0.05) is 61.2 Å². The summed E-state index contributed by atoms with van der Waals surface area (Å²) in [5.74, 6) is 0.0813. The number of carbonyl (C=O) groups is 2. The fourth-order valence-electron chi connectivity index (χ4n) is 5.39. The number of hydrogen-bond acceptors (Lipinski definition) is 7. The largest absolute Gasteiger partial charge is 0.493 e. The van der Waals surface area contributed by atoms with Crippen molar-refractivity contribution in [3.05, 3.63) is 88.7 Å². The third kappa shape index (κ3) is 7.34. The van der Waals surface area contributed by atoms with Crippen molar-refractivity contribution in [3.63, 3.8) is 0 Å². The van der Waals surface area contributed by atoms with Crippen molar-refractivity contribution in [2.24, 2.45) is 0 Å². The molecule has 5 rings (SSSR count). The zero-order valence-corrected chi connectivity index (χ0v) is 25.3. The number of carbonyl (C=O) groups excluding carboxylic acids is 2. The summed E-state index contributed by atoms with van der Waals surface area (Å²) in [7, 11) is 3.07. The molecule has 0 bridgehead atoms. The topological polar surface area (TPSA) is 111 Å². The fourth-order valence-corrected chi connectivity index (χ4v) is 5.59. The molecule has 44 heavy (non-hydrogen) atoms. The van der Waals surface area contributed by atoms with Gasteiger partial charge >= 0.3 is 0 Å². The van der Waals surface area contributed by atoms with Crippen molar-refractivity contribution < 1.29 is 23.5 Å². The number of hydrogen-bond donors (Lipinski definition) is 1. The van der Waals surface area contributed by atoms with Crippen LogP contribution in [0.3, 0.4) is 0 Å².